The molecule has 0 aliphatic carbocycles. The summed E-state index contributed by atoms with van der Waals surface area (Å²) in [6.45, 7) is 2.61. The third-order valence-corrected chi connectivity index (χ3v) is 6.08. The molecule has 4 heterocycles. The lowest BCUT2D eigenvalue weighted by molar-refractivity contribution is -0.0864. The van der Waals surface area contributed by atoms with Crippen molar-refractivity contribution in [1.29, 1.82) is 0 Å². The molecule has 0 amide bonds. The third kappa shape index (κ3) is 4.02. The summed E-state index contributed by atoms with van der Waals surface area (Å²) in [4.78, 5) is 4.74. The van der Waals surface area contributed by atoms with E-state index in [1.54, 1.807) is 34.1 Å². The number of hydrogen-bond acceptors (Lipinski definition) is 6. The topological polar surface area (TPSA) is 61.1 Å². The first-order valence-corrected chi connectivity index (χ1v) is 10.7. The number of hydrazone groups is 1. The Balaban J connectivity index is 1.52. The number of rotatable bonds is 0. The van der Waals surface area contributed by atoms with Crippen molar-refractivity contribution in [3.05, 3.63) is 59.2 Å². The van der Waals surface area contributed by atoms with Gasteiger partial charge in [0.05, 0.1) is 25.3 Å². The van der Waals surface area contributed by atoms with E-state index >= 15 is 0 Å². The molecule has 0 saturated heterocycles. The van der Waals surface area contributed by atoms with Gasteiger partial charge in [0.2, 0.25) is 0 Å². The van der Waals surface area contributed by atoms with Gasteiger partial charge in [-0.05, 0) is 49.1 Å². The maximum absolute atomic E-state index is 14.5. The third-order valence-electron chi connectivity index (χ3n) is 6.08. The van der Waals surface area contributed by atoms with Gasteiger partial charge in [-0.3, -0.25) is 5.01 Å². The van der Waals surface area contributed by atoms with Crippen LogP contribution in [0.2, 0.25) is 0 Å². The highest BCUT2D eigenvalue weighted by Crippen LogP contribution is 2.28. The van der Waals surface area contributed by atoms with E-state index < -0.39 is 6.30 Å². The van der Waals surface area contributed by atoms with E-state index in [2.05, 4.69) is 15.5 Å². The molecule has 0 spiro atoms. The van der Waals surface area contributed by atoms with Crippen LogP contribution in [0.4, 0.5) is 19.1 Å². The highest BCUT2D eigenvalue weighted by molar-refractivity contribution is 5.74. The van der Waals surface area contributed by atoms with Crippen LogP contribution >= 0.6 is 0 Å². The Morgan fingerprint density at radius 2 is 2.03 bits per heavy atom. The van der Waals surface area contributed by atoms with Crippen molar-refractivity contribution in [1.82, 2.24) is 24.7 Å². The molecule has 3 atom stereocenters. The van der Waals surface area contributed by atoms with Gasteiger partial charge in [-0.15, -0.1) is 9.60 Å². The fraction of sp³-hybridized carbons (Fsp3) is 0.409. The number of fused-ring (bicyclic) bond motifs is 5. The van der Waals surface area contributed by atoms with E-state index in [9.17, 15) is 13.3 Å². The summed E-state index contributed by atoms with van der Waals surface area (Å²) in [7, 11) is 0. The van der Waals surface area contributed by atoms with Gasteiger partial charge in [-0.1, -0.05) is 6.07 Å². The van der Waals surface area contributed by atoms with Crippen LogP contribution < -0.4 is 5.32 Å². The summed E-state index contributed by atoms with van der Waals surface area (Å²) in [5, 5.41) is 14.0. The van der Waals surface area contributed by atoms with E-state index in [-0.39, 0.29) is 48.8 Å². The van der Waals surface area contributed by atoms with Gasteiger partial charge in [-0.25, -0.2) is 18.3 Å². The lowest BCUT2D eigenvalue weighted by Crippen LogP contribution is -2.32. The molecule has 32 heavy (non-hydrogen) atoms. The Labute approximate surface area is 183 Å². The van der Waals surface area contributed by atoms with Crippen molar-refractivity contribution in [2.75, 3.05) is 25.0 Å². The van der Waals surface area contributed by atoms with Crippen molar-refractivity contribution in [3.8, 4) is 0 Å². The summed E-state index contributed by atoms with van der Waals surface area (Å²) in [6.07, 6.45) is 3.87. The fourth-order valence-corrected chi connectivity index (χ4v) is 4.31. The largest absolute Gasteiger partial charge is 0.363 e. The summed E-state index contributed by atoms with van der Waals surface area (Å²) >= 11 is 0. The van der Waals surface area contributed by atoms with Crippen LogP contribution in [0.1, 0.15) is 42.0 Å². The Morgan fingerprint density at radius 1 is 1.16 bits per heavy atom. The van der Waals surface area contributed by atoms with Gasteiger partial charge in [-0.2, -0.15) is 10.2 Å². The van der Waals surface area contributed by atoms with Crippen LogP contribution in [0, 0.1) is 5.82 Å². The standard InChI is InChI=1S/C22H24F3N7/c1-14-18-10-17(23)4-2-15(18)3-5-20(24)31(25)9-8-30-13-16(11-26-30)19-12-27-32-7-6-21(28-14)29-22(19)32/h2,4,6-7,10-12,14,16,20H,3,5,8-9,13H2,1H3,(H,28,29). The maximum atomic E-state index is 14.5. The molecule has 3 unspecified atom stereocenters. The molecule has 1 aromatic carbocycles. The molecule has 2 aliphatic heterocycles. The van der Waals surface area contributed by atoms with E-state index in [4.69, 9.17) is 4.98 Å². The minimum atomic E-state index is -1.75. The molecule has 10 heteroatoms. The second kappa shape index (κ2) is 8.42. The normalized spacial score (nSPS) is 24.5. The molecule has 0 fully saturated rings. The first kappa shape index (κ1) is 20.7. The minimum absolute atomic E-state index is 0.0319. The molecular formula is C22H24F3N7. The smallest absolute Gasteiger partial charge is 0.180 e. The Kier molecular flexibility index (Phi) is 5.46. The second-order valence-corrected chi connectivity index (χ2v) is 8.27. The summed E-state index contributed by atoms with van der Waals surface area (Å²) in [5.41, 5.74) is 3.06. The maximum Gasteiger partial charge on any atom is 0.180 e. The van der Waals surface area contributed by atoms with Gasteiger partial charge in [0.15, 0.2) is 11.9 Å². The number of anilines is 1. The predicted octanol–water partition coefficient (Wildman–Crippen LogP) is 3.85. The molecule has 168 valence electrons. The molecule has 5 rings (SSSR count). The molecule has 0 saturated carbocycles. The zero-order valence-corrected chi connectivity index (χ0v) is 17.6. The zero-order valence-electron chi connectivity index (χ0n) is 17.6. The van der Waals surface area contributed by atoms with E-state index in [0.717, 1.165) is 11.1 Å². The number of halogens is 3. The molecular weight excluding hydrogens is 419 g/mol. The first-order valence-electron chi connectivity index (χ1n) is 10.7. The number of alkyl halides is 1. The first-order chi connectivity index (χ1) is 15.5. The lowest BCUT2D eigenvalue weighted by atomic mass is 9.97. The Morgan fingerprint density at radius 3 is 2.91 bits per heavy atom. The lowest BCUT2D eigenvalue weighted by Gasteiger charge is -2.22. The number of nitrogens with zero attached hydrogens (tertiary/aromatic N) is 6. The van der Waals surface area contributed by atoms with Crippen LogP contribution in [-0.2, 0) is 6.42 Å². The van der Waals surface area contributed by atoms with E-state index in [0.29, 0.717) is 23.6 Å². The van der Waals surface area contributed by atoms with Gasteiger partial charge < -0.3 is 5.32 Å². The fourth-order valence-electron chi connectivity index (χ4n) is 4.31. The van der Waals surface area contributed by atoms with E-state index in [1.807, 2.05) is 13.1 Å². The molecule has 2 aromatic heterocycles. The average molecular weight is 443 g/mol. The van der Waals surface area contributed by atoms with Crippen LogP contribution in [0.3, 0.4) is 0 Å². The number of nitrogens with one attached hydrogen (secondary N) is 1. The van der Waals surface area contributed by atoms with Gasteiger partial charge in [0.25, 0.3) is 0 Å². The summed E-state index contributed by atoms with van der Waals surface area (Å²) in [6, 6.07) is 5.94. The SMILES string of the molecule is CC1Nc2ccn3ncc(c3n2)C2C=NN(CCN(F)C(F)CCc3ccc(F)cc31)C2. The number of hydrogen-bond donors (Lipinski definition) is 1. The Hall–Kier alpha value is -3.14. The van der Waals surface area contributed by atoms with Gasteiger partial charge in [0.1, 0.15) is 11.6 Å². The van der Waals surface area contributed by atoms with Gasteiger partial charge in [0, 0.05) is 30.4 Å². The van der Waals surface area contributed by atoms with Crippen molar-refractivity contribution in [3.63, 3.8) is 0 Å². The second-order valence-electron chi connectivity index (χ2n) is 8.27. The van der Waals surface area contributed by atoms with Crippen LogP contribution in [0.5, 0.6) is 0 Å². The molecule has 0 radical (unpaired) electrons. The predicted molar refractivity (Wildman–Crippen MR) is 115 cm³/mol. The number of benzene rings is 1. The molecule has 4 bridgehead atoms. The van der Waals surface area contributed by atoms with Crippen LogP contribution in [0.15, 0.2) is 41.8 Å². The number of aryl methyl sites for hydroxylation is 1. The van der Waals surface area contributed by atoms with Gasteiger partial charge >= 0.3 is 0 Å². The monoisotopic (exact) mass is 443 g/mol. The van der Waals surface area contributed by atoms with Crippen LogP contribution in [0.25, 0.3) is 5.65 Å². The highest BCUT2D eigenvalue weighted by Gasteiger charge is 2.26. The average Bonchev–Trinajstić information content (AvgIpc) is 3.42. The Bertz CT molecular complexity index is 1150. The summed E-state index contributed by atoms with van der Waals surface area (Å²) in [5.74, 6) is 0.196. The number of aromatic nitrogens is 3. The minimum Gasteiger partial charge on any atom is -0.363 e. The molecule has 7 nitrogen and oxygen atoms in total. The van der Waals surface area contributed by atoms with E-state index in [1.165, 1.54) is 12.1 Å². The molecule has 3 aromatic rings. The van der Waals surface area contributed by atoms with Crippen molar-refractivity contribution in [2.45, 2.75) is 38.0 Å². The summed E-state index contributed by atoms with van der Waals surface area (Å²) < 4.78 is 44.6. The van der Waals surface area contributed by atoms with Crippen molar-refractivity contribution >= 4 is 17.7 Å². The highest BCUT2D eigenvalue weighted by atomic mass is 19.2. The van der Waals surface area contributed by atoms with Crippen molar-refractivity contribution in [2.24, 2.45) is 5.10 Å². The quantitative estimate of drug-likeness (QED) is 0.422. The molecule has 1 N–H and O–H groups in total. The molecule has 2 aliphatic rings. The zero-order chi connectivity index (χ0) is 22.2. The van der Waals surface area contributed by atoms with Crippen molar-refractivity contribution < 1.29 is 13.3 Å². The van der Waals surface area contributed by atoms with Crippen LogP contribution in [-0.4, -0.2) is 56.9 Å².